The molecule has 0 aliphatic carbocycles. The third kappa shape index (κ3) is 2.15. The standard InChI is InChI=1S/C13H21NO/c1-8-7-11(13(4,5)14)9(2)10(3)12(8)15-6/h7H,14H2,1-6H3. The number of rotatable bonds is 2. The van der Waals surface area contributed by atoms with Gasteiger partial charge in [0.25, 0.3) is 0 Å². The SMILES string of the molecule is COc1c(C)cc(C(C)(C)N)c(C)c1C. The van der Waals surface area contributed by atoms with Crippen LogP contribution >= 0.6 is 0 Å². The van der Waals surface area contributed by atoms with Crippen molar-refractivity contribution in [3.05, 3.63) is 28.3 Å². The van der Waals surface area contributed by atoms with Gasteiger partial charge in [0.2, 0.25) is 0 Å². The third-order valence-electron chi connectivity index (χ3n) is 2.92. The van der Waals surface area contributed by atoms with E-state index in [9.17, 15) is 0 Å². The normalized spacial score (nSPS) is 11.7. The molecule has 0 amide bonds. The molecule has 0 spiro atoms. The zero-order valence-electron chi connectivity index (χ0n) is 10.6. The topological polar surface area (TPSA) is 35.2 Å². The lowest BCUT2D eigenvalue weighted by molar-refractivity contribution is 0.407. The highest BCUT2D eigenvalue weighted by Gasteiger charge is 2.20. The highest BCUT2D eigenvalue weighted by Crippen LogP contribution is 2.32. The molecule has 15 heavy (non-hydrogen) atoms. The second kappa shape index (κ2) is 3.86. The molecule has 0 aromatic heterocycles. The van der Waals surface area contributed by atoms with Crippen LogP contribution in [0.4, 0.5) is 0 Å². The maximum atomic E-state index is 6.15. The second-order valence-electron chi connectivity index (χ2n) is 4.75. The van der Waals surface area contributed by atoms with Crippen LogP contribution in [0, 0.1) is 20.8 Å². The van der Waals surface area contributed by atoms with E-state index >= 15 is 0 Å². The number of ether oxygens (including phenoxy) is 1. The fraction of sp³-hybridized carbons (Fsp3) is 0.538. The van der Waals surface area contributed by atoms with Gasteiger partial charge in [-0.3, -0.25) is 0 Å². The van der Waals surface area contributed by atoms with Gasteiger partial charge in [-0.15, -0.1) is 0 Å². The number of aryl methyl sites for hydroxylation is 1. The van der Waals surface area contributed by atoms with Gasteiger partial charge in [-0.25, -0.2) is 0 Å². The van der Waals surface area contributed by atoms with Gasteiger partial charge in [0.15, 0.2) is 0 Å². The van der Waals surface area contributed by atoms with E-state index in [1.165, 1.54) is 16.7 Å². The number of hydrogen-bond acceptors (Lipinski definition) is 2. The molecule has 1 aromatic carbocycles. The van der Waals surface area contributed by atoms with Gasteiger partial charge in [-0.1, -0.05) is 6.07 Å². The number of nitrogens with two attached hydrogens (primary N) is 1. The van der Waals surface area contributed by atoms with E-state index in [2.05, 4.69) is 26.8 Å². The summed E-state index contributed by atoms with van der Waals surface area (Å²) in [6.07, 6.45) is 0. The molecule has 1 aromatic rings. The van der Waals surface area contributed by atoms with Crippen LogP contribution in [0.15, 0.2) is 6.07 Å². The Morgan fingerprint density at radius 2 is 1.67 bits per heavy atom. The van der Waals surface area contributed by atoms with E-state index in [1.54, 1.807) is 7.11 Å². The van der Waals surface area contributed by atoms with Crippen LogP contribution in [0.2, 0.25) is 0 Å². The first kappa shape index (κ1) is 12.1. The summed E-state index contributed by atoms with van der Waals surface area (Å²) in [5.74, 6) is 0.973. The first-order chi connectivity index (χ1) is 6.79. The van der Waals surface area contributed by atoms with Crippen molar-refractivity contribution in [3.63, 3.8) is 0 Å². The molecule has 0 radical (unpaired) electrons. The second-order valence-corrected chi connectivity index (χ2v) is 4.75. The molecular weight excluding hydrogens is 186 g/mol. The lowest BCUT2D eigenvalue weighted by Gasteiger charge is -2.25. The summed E-state index contributed by atoms with van der Waals surface area (Å²) in [4.78, 5) is 0. The van der Waals surface area contributed by atoms with E-state index < -0.39 is 0 Å². The molecule has 0 saturated heterocycles. The summed E-state index contributed by atoms with van der Waals surface area (Å²) in [6.45, 7) is 10.3. The van der Waals surface area contributed by atoms with Crippen molar-refractivity contribution in [1.29, 1.82) is 0 Å². The van der Waals surface area contributed by atoms with Gasteiger partial charge >= 0.3 is 0 Å². The van der Waals surface area contributed by atoms with Gasteiger partial charge in [-0.2, -0.15) is 0 Å². The zero-order chi connectivity index (χ0) is 11.8. The Kier molecular flexibility index (Phi) is 3.10. The van der Waals surface area contributed by atoms with Crippen LogP contribution in [0.25, 0.3) is 0 Å². The Bertz CT molecular complexity index is 375. The third-order valence-corrected chi connectivity index (χ3v) is 2.92. The summed E-state index contributed by atoms with van der Waals surface area (Å²) >= 11 is 0. The maximum absolute atomic E-state index is 6.15. The fourth-order valence-electron chi connectivity index (χ4n) is 2.04. The van der Waals surface area contributed by atoms with Crippen LogP contribution < -0.4 is 10.5 Å². The number of benzene rings is 1. The molecule has 2 nitrogen and oxygen atoms in total. The van der Waals surface area contributed by atoms with E-state index in [4.69, 9.17) is 10.5 Å². The highest BCUT2D eigenvalue weighted by atomic mass is 16.5. The van der Waals surface area contributed by atoms with Gasteiger partial charge in [0, 0.05) is 5.54 Å². The molecule has 0 aliphatic heterocycles. The summed E-state index contributed by atoms with van der Waals surface area (Å²) in [5.41, 5.74) is 10.6. The molecule has 0 atom stereocenters. The molecule has 0 aliphatic rings. The van der Waals surface area contributed by atoms with Crippen LogP contribution in [0.3, 0.4) is 0 Å². The molecule has 0 unspecified atom stereocenters. The highest BCUT2D eigenvalue weighted by molar-refractivity contribution is 5.50. The summed E-state index contributed by atoms with van der Waals surface area (Å²) < 4.78 is 5.38. The average molecular weight is 207 g/mol. The van der Waals surface area contributed by atoms with E-state index in [0.29, 0.717) is 0 Å². The van der Waals surface area contributed by atoms with Crippen molar-refractivity contribution in [3.8, 4) is 5.75 Å². The van der Waals surface area contributed by atoms with Crippen molar-refractivity contribution in [2.24, 2.45) is 5.73 Å². The number of hydrogen-bond donors (Lipinski definition) is 1. The molecule has 1 rings (SSSR count). The van der Waals surface area contributed by atoms with E-state index in [1.807, 2.05) is 13.8 Å². The van der Waals surface area contributed by atoms with Crippen molar-refractivity contribution < 1.29 is 4.74 Å². The Balaban J connectivity index is 3.48. The van der Waals surface area contributed by atoms with Crippen molar-refractivity contribution in [2.45, 2.75) is 40.2 Å². The van der Waals surface area contributed by atoms with Gasteiger partial charge in [0.1, 0.15) is 5.75 Å². The fourth-order valence-corrected chi connectivity index (χ4v) is 2.04. The minimum atomic E-state index is -0.300. The van der Waals surface area contributed by atoms with Crippen LogP contribution in [-0.2, 0) is 5.54 Å². The lowest BCUT2D eigenvalue weighted by atomic mass is 9.87. The first-order valence-electron chi connectivity index (χ1n) is 5.23. The van der Waals surface area contributed by atoms with Crippen molar-refractivity contribution >= 4 is 0 Å². The molecule has 0 heterocycles. The van der Waals surface area contributed by atoms with Crippen LogP contribution in [-0.4, -0.2) is 7.11 Å². The van der Waals surface area contributed by atoms with E-state index in [0.717, 1.165) is 11.3 Å². The Morgan fingerprint density at radius 1 is 1.13 bits per heavy atom. The van der Waals surface area contributed by atoms with Crippen molar-refractivity contribution in [2.75, 3.05) is 7.11 Å². The Morgan fingerprint density at radius 3 is 2.07 bits per heavy atom. The van der Waals surface area contributed by atoms with Gasteiger partial charge in [0.05, 0.1) is 7.11 Å². The van der Waals surface area contributed by atoms with Gasteiger partial charge < -0.3 is 10.5 Å². The lowest BCUT2D eigenvalue weighted by Crippen LogP contribution is -2.30. The number of methoxy groups -OCH3 is 1. The maximum Gasteiger partial charge on any atom is 0.124 e. The first-order valence-corrected chi connectivity index (χ1v) is 5.23. The Labute approximate surface area is 92.4 Å². The molecular formula is C13H21NO. The predicted octanol–water partition coefficient (Wildman–Crippen LogP) is 2.81. The molecule has 0 saturated carbocycles. The Hall–Kier alpha value is -1.02. The molecule has 84 valence electrons. The van der Waals surface area contributed by atoms with E-state index in [-0.39, 0.29) is 5.54 Å². The van der Waals surface area contributed by atoms with Gasteiger partial charge in [-0.05, 0) is 56.9 Å². The molecule has 2 N–H and O–H groups in total. The minimum Gasteiger partial charge on any atom is -0.496 e. The quantitative estimate of drug-likeness (QED) is 0.809. The van der Waals surface area contributed by atoms with Crippen molar-refractivity contribution in [1.82, 2.24) is 0 Å². The largest absolute Gasteiger partial charge is 0.496 e. The summed E-state index contributed by atoms with van der Waals surface area (Å²) in [6, 6.07) is 2.13. The molecule has 0 bridgehead atoms. The predicted molar refractivity (Wildman–Crippen MR) is 64.4 cm³/mol. The molecule has 0 fully saturated rings. The van der Waals surface area contributed by atoms with Crippen LogP contribution in [0.5, 0.6) is 5.75 Å². The smallest absolute Gasteiger partial charge is 0.124 e. The average Bonchev–Trinajstić information content (AvgIpc) is 2.10. The van der Waals surface area contributed by atoms with Crippen LogP contribution in [0.1, 0.15) is 36.1 Å². The zero-order valence-corrected chi connectivity index (χ0v) is 10.6. The monoisotopic (exact) mass is 207 g/mol. The molecule has 2 heteroatoms. The summed E-state index contributed by atoms with van der Waals surface area (Å²) in [5, 5.41) is 0. The summed E-state index contributed by atoms with van der Waals surface area (Å²) in [7, 11) is 1.71. The minimum absolute atomic E-state index is 0.300.